The first kappa shape index (κ1) is 17.8. The van der Waals surface area contributed by atoms with Gasteiger partial charge in [-0.1, -0.05) is 24.3 Å². The summed E-state index contributed by atoms with van der Waals surface area (Å²) in [5.41, 5.74) is 4.10. The molecule has 0 radical (unpaired) electrons. The highest BCUT2D eigenvalue weighted by molar-refractivity contribution is 5.80. The van der Waals surface area contributed by atoms with E-state index < -0.39 is 29.8 Å². The van der Waals surface area contributed by atoms with Gasteiger partial charge in [0.15, 0.2) is 5.60 Å². The highest BCUT2D eigenvalue weighted by atomic mass is 19.3. The minimum absolute atomic E-state index is 0.00701. The van der Waals surface area contributed by atoms with E-state index in [0.717, 1.165) is 12.8 Å². The fourth-order valence-electron chi connectivity index (χ4n) is 3.39. The van der Waals surface area contributed by atoms with Gasteiger partial charge in [0.1, 0.15) is 0 Å². The zero-order valence-electron chi connectivity index (χ0n) is 13.0. The Kier molecular flexibility index (Phi) is 5.37. The molecule has 0 saturated heterocycles. The number of aliphatic hydroxyl groups is 1. The molecule has 0 aromatic heterocycles. The lowest BCUT2D eigenvalue weighted by molar-refractivity contribution is -0.167. The molecule has 4 nitrogen and oxygen atoms in total. The molecule has 1 aromatic rings. The molecule has 0 amide bonds. The molecule has 128 valence electrons. The first-order chi connectivity index (χ1) is 10.8. The Hall–Kier alpha value is -1.53. The maximum absolute atomic E-state index is 13.5. The molecule has 4 N–H and O–H groups in total. The van der Waals surface area contributed by atoms with Gasteiger partial charge in [-0.2, -0.15) is 0 Å². The van der Waals surface area contributed by atoms with E-state index in [4.69, 9.17) is 5.73 Å². The van der Waals surface area contributed by atoms with Crippen LogP contribution in [-0.2, 0) is 16.8 Å². The molecule has 0 aliphatic heterocycles. The smallest absolute Gasteiger partial charge is 0.340 e. The molecule has 0 heterocycles. The van der Waals surface area contributed by atoms with Crippen molar-refractivity contribution < 1.29 is 23.8 Å². The number of unbranched alkanes of at least 4 members (excludes halogenated alkanes) is 1. The third-order valence-corrected chi connectivity index (χ3v) is 4.65. The fraction of sp³-hybridized carbons (Fsp3) is 0.588. The lowest BCUT2D eigenvalue weighted by Gasteiger charge is -2.32. The van der Waals surface area contributed by atoms with E-state index in [1.807, 2.05) is 0 Å². The van der Waals surface area contributed by atoms with Gasteiger partial charge in [-0.25, -0.2) is 13.6 Å². The molecule has 0 spiro atoms. The van der Waals surface area contributed by atoms with E-state index in [2.05, 4.69) is 0 Å². The van der Waals surface area contributed by atoms with Gasteiger partial charge in [0.2, 0.25) is 5.92 Å². The van der Waals surface area contributed by atoms with Crippen molar-refractivity contribution in [2.24, 2.45) is 11.7 Å². The zero-order valence-corrected chi connectivity index (χ0v) is 13.0. The van der Waals surface area contributed by atoms with Gasteiger partial charge in [-0.3, -0.25) is 0 Å². The van der Waals surface area contributed by atoms with Gasteiger partial charge in [-0.05, 0) is 43.4 Å². The maximum Gasteiger partial charge on any atom is 0.340 e. The molecule has 1 aliphatic carbocycles. The van der Waals surface area contributed by atoms with E-state index in [0.29, 0.717) is 18.5 Å². The molecule has 1 aliphatic rings. The van der Waals surface area contributed by atoms with Crippen molar-refractivity contribution in [1.29, 1.82) is 0 Å². The van der Waals surface area contributed by atoms with Gasteiger partial charge in [-0.15, -0.1) is 0 Å². The second-order valence-electron chi connectivity index (χ2n) is 6.27. The second kappa shape index (κ2) is 6.93. The lowest BCUT2D eigenvalue weighted by Crippen LogP contribution is -2.43. The highest BCUT2D eigenvalue weighted by Crippen LogP contribution is 2.48. The van der Waals surface area contributed by atoms with Crippen molar-refractivity contribution in [1.82, 2.24) is 0 Å². The van der Waals surface area contributed by atoms with E-state index in [9.17, 15) is 23.8 Å². The van der Waals surface area contributed by atoms with Crippen LogP contribution in [0.4, 0.5) is 8.78 Å². The van der Waals surface area contributed by atoms with Gasteiger partial charge in [0.25, 0.3) is 0 Å². The first-order valence-electron chi connectivity index (χ1n) is 7.93. The third kappa shape index (κ3) is 3.70. The lowest BCUT2D eigenvalue weighted by atomic mass is 9.77. The number of rotatable bonds is 7. The number of aryl methyl sites for hydroxylation is 1. The first-order valence-corrected chi connectivity index (χ1v) is 7.93. The predicted molar refractivity (Wildman–Crippen MR) is 82.3 cm³/mol. The van der Waals surface area contributed by atoms with Crippen molar-refractivity contribution in [3.63, 3.8) is 0 Å². The molecule has 6 heteroatoms. The predicted octanol–water partition coefficient (Wildman–Crippen LogP) is 2.68. The Labute approximate surface area is 134 Å². The van der Waals surface area contributed by atoms with Crippen LogP contribution in [0.15, 0.2) is 24.3 Å². The molecular weight excluding hydrogens is 304 g/mol. The van der Waals surface area contributed by atoms with Crippen LogP contribution in [0.25, 0.3) is 0 Å². The average molecular weight is 327 g/mol. The van der Waals surface area contributed by atoms with Crippen LogP contribution in [0.2, 0.25) is 0 Å². The summed E-state index contributed by atoms with van der Waals surface area (Å²) in [7, 11) is 0. The van der Waals surface area contributed by atoms with Crippen LogP contribution in [-0.4, -0.2) is 28.6 Å². The van der Waals surface area contributed by atoms with Gasteiger partial charge in [0, 0.05) is 18.8 Å². The number of carboxylic acids is 1. The highest BCUT2D eigenvalue weighted by Gasteiger charge is 2.54. The standard InChI is InChI=1S/C17H23F2NO3/c18-16(19)9-8-13(11-16)17(23,15(21)22)14-7-2-1-5-12(14)6-3-4-10-20/h1-2,5,7,13,23H,3-4,6,8-11,20H2,(H,21,22)/t13-,17-/m1/s1. The Morgan fingerprint density at radius 1 is 1.35 bits per heavy atom. The third-order valence-electron chi connectivity index (χ3n) is 4.65. The molecule has 0 unspecified atom stereocenters. The van der Waals surface area contributed by atoms with Gasteiger partial charge < -0.3 is 15.9 Å². The fourth-order valence-corrected chi connectivity index (χ4v) is 3.39. The van der Waals surface area contributed by atoms with Crippen molar-refractivity contribution in [2.75, 3.05) is 6.54 Å². The van der Waals surface area contributed by atoms with Crippen LogP contribution < -0.4 is 5.73 Å². The molecule has 1 aromatic carbocycles. The molecule has 0 bridgehead atoms. The van der Waals surface area contributed by atoms with E-state index >= 15 is 0 Å². The second-order valence-corrected chi connectivity index (χ2v) is 6.27. The van der Waals surface area contributed by atoms with E-state index in [-0.39, 0.29) is 18.4 Å². The van der Waals surface area contributed by atoms with E-state index in [1.54, 1.807) is 18.2 Å². The monoisotopic (exact) mass is 327 g/mol. The topological polar surface area (TPSA) is 83.5 Å². The van der Waals surface area contributed by atoms with Crippen LogP contribution >= 0.6 is 0 Å². The van der Waals surface area contributed by atoms with Crippen molar-refractivity contribution >= 4 is 5.97 Å². The summed E-state index contributed by atoms with van der Waals surface area (Å²) in [6.45, 7) is 0.528. The van der Waals surface area contributed by atoms with Crippen LogP contribution in [0, 0.1) is 5.92 Å². The summed E-state index contributed by atoms with van der Waals surface area (Å²) in [5, 5.41) is 20.5. The Morgan fingerprint density at radius 3 is 2.61 bits per heavy atom. The van der Waals surface area contributed by atoms with Gasteiger partial charge in [0.05, 0.1) is 0 Å². The molecular formula is C17H23F2NO3. The summed E-state index contributed by atoms with van der Waals surface area (Å²) >= 11 is 0. The van der Waals surface area contributed by atoms with E-state index in [1.165, 1.54) is 6.07 Å². The number of carbonyl (C=O) groups is 1. The minimum atomic E-state index is -2.91. The summed E-state index contributed by atoms with van der Waals surface area (Å²) in [5.74, 6) is -5.38. The van der Waals surface area contributed by atoms with Crippen molar-refractivity contribution in [3.05, 3.63) is 35.4 Å². The summed E-state index contributed by atoms with van der Waals surface area (Å²) in [6, 6.07) is 6.66. The molecule has 2 atom stereocenters. The van der Waals surface area contributed by atoms with Crippen molar-refractivity contribution in [3.8, 4) is 0 Å². The largest absolute Gasteiger partial charge is 0.479 e. The normalized spacial score (nSPS) is 22.7. The number of halogens is 2. The summed E-state index contributed by atoms with van der Waals surface area (Å²) < 4.78 is 27.1. The van der Waals surface area contributed by atoms with Crippen molar-refractivity contribution in [2.45, 2.75) is 50.0 Å². The van der Waals surface area contributed by atoms with Crippen LogP contribution in [0.3, 0.4) is 0 Å². The molecule has 23 heavy (non-hydrogen) atoms. The average Bonchev–Trinajstić information content (AvgIpc) is 2.87. The SMILES string of the molecule is NCCCCc1ccccc1[C@@](O)(C(=O)O)[C@@H]1CCC(F)(F)C1. The Morgan fingerprint density at radius 2 is 2.04 bits per heavy atom. The Bertz CT molecular complexity index is 565. The zero-order chi connectivity index (χ0) is 17.1. The number of carboxylic acid groups (broad SMARTS) is 1. The minimum Gasteiger partial charge on any atom is -0.479 e. The Balaban J connectivity index is 2.36. The summed E-state index contributed by atoms with van der Waals surface area (Å²) in [4.78, 5) is 11.8. The molecule has 1 saturated carbocycles. The van der Waals surface area contributed by atoms with Crippen LogP contribution in [0.1, 0.15) is 43.2 Å². The maximum atomic E-state index is 13.5. The quantitative estimate of drug-likeness (QED) is 0.672. The van der Waals surface area contributed by atoms with Crippen LogP contribution in [0.5, 0.6) is 0 Å². The number of hydrogen-bond acceptors (Lipinski definition) is 3. The number of benzene rings is 1. The number of nitrogens with two attached hydrogens (primary N) is 1. The summed E-state index contributed by atoms with van der Waals surface area (Å²) in [6.07, 6.45) is 1.10. The molecule has 1 fully saturated rings. The number of alkyl halides is 2. The number of hydrogen-bond donors (Lipinski definition) is 3. The number of aliphatic carboxylic acids is 1. The van der Waals surface area contributed by atoms with Gasteiger partial charge >= 0.3 is 5.97 Å². The molecule has 2 rings (SSSR count).